The molecule has 0 saturated carbocycles. The lowest BCUT2D eigenvalue weighted by Gasteiger charge is -2.04. The molecular formula is C13H8ClFN2O. The van der Waals surface area contributed by atoms with Crippen molar-refractivity contribution in [3.63, 3.8) is 0 Å². The zero-order valence-electron chi connectivity index (χ0n) is 9.15. The van der Waals surface area contributed by atoms with Gasteiger partial charge >= 0.3 is 5.69 Å². The van der Waals surface area contributed by atoms with E-state index in [1.165, 1.54) is 10.6 Å². The van der Waals surface area contributed by atoms with Gasteiger partial charge in [0.25, 0.3) is 0 Å². The van der Waals surface area contributed by atoms with Crippen LogP contribution in [0.25, 0.3) is 16.7 Å². The third-order valence-electron chi connectivity index (χ3n) is 2.76. The fourth-order valence-corrected chi connectivity index (χ4v) is 2.18. The Morgan fingerprint density at radius 3 is 2.67 bits per heavy atom. The zero-order valence-corrected chi connectivity index (χ0v) is 9.91. The molecule has 1 heterocycles. The van der Waals surface area contributed by atoms with Gasteiger partial charge in [-0.05, 0) is 24.3 Å². The Morgan fingerprint density at radius 1 is 1.11 bits per heavy atom. The summed E-state index contributed by atoms with van der Waals surface area (Å²) >= 11 is 5.99. The molecule has 0 aliphatic heterocycles. The monoisotopic (exact) mass is 262 g/mol. The van der Waals surface area contributed by atoms with Crippen molar-refractivity contribution in [2.45, 2.75) is 0 Å². The fraction of sp³-hybridized carbons (Fsp3) is 0. The first kappa shape index (κ1) is 11.0. The number of halogens is 2. The Morgan fingerprint density at radius 2 is 1.89 bits per heavy atom. The molecule has 2 aromatic carbocycles. The number of H-pyrrole nitrogens is 1. The number of aromatic nitrogens is 2. The summed E-state index contributed by atoms with van der Waals surface area (Å²) in [5.74, 6) is -0.458. The van der Waals surface area contributed by atoms with Crippen LogP contribution in [0.15, 0.2) is 47.3 Å². The molecule has 1 N–H and O–H groups in total. The van der Waals surface area contributed by atoms with Crippen molar-refractivity contribution in [3.8, 4) is 5.69 Å². The number of hydrogen-bond acceptors (Lipinski definition) is 1. The summed E-state index contributed by atoms with van der Waals surface area (Å²) in [4.78, 5) is 14.6. The molecule has 0 saturated heterocycles. The lowest BCUT2D eigenvalue weighted by atomic mass is 10.2. The van der Waals surface area contributed by atoms with Gasteiger partial charge in [-0.2, -0.15) is 0 Å². The van der Waals surface area contributed by atoms with E-state index in [2.05, 4.69) is 4.98 Å². The van der Waals surface area contributed by atoms with Gasteiger partial charge < -0.3 is 4.98 Å². The Balaban J connectivity index is 2.44. The van der Waals surface area contributed by atoms with Gasteiger partial charge in [-0.3, -0.25) is 4.57 Å². The van der Waals surface area contributed by atoms with Crippen LogP contribution in [0.1, 0.15) is 0 Å². The molecule has 5 heteroatoms. The highest BCUT2D eigenvalue weighted by atomic mass is 35.5. The van der Waals surface area contributed by atoms with E-state index in [0.29, 0.717) is 16.1 Å². The van der Waals surface area contributed by atoms with Crippen molar-refractivity contribution >= 4 is 22.6 Å². The average molecular weight is 263 g/mol. The van der Waals surface area contributed by atoms with E-state index in [1.807, 2.05) is 0 Å². The highest BCUT2D eigenvalue weighted by Crippen LogP contribution is 2.23. The molecule has 0 radical (unpaired) electrons. The van der Waals surface area contributed by atoms with Crippen molar-refractivity contribution in [1.29, 1.82) is 0 Å². The van der Waals surface area contributed by atoms with E-state index in [1.54, 1.807) is 36.4 Å². The summed E-state index contributed by atoms with van der Waals surface area (Å²) in [5.41, 5.74) is 0.851. The predicted molar refractivity (Wildman–Crippen MR) is 68.9 cm³/mol. The topological polar surface area (TPSA) is 37.8 Å². The third kappa shape index (κ3) is 1.54. The molecule has 3 aromatic rings. The van der Waals surface area contributed by atoms with Crippen molar-refractivity contribution in [3.05, 3.63) is 63.8 Å². The molecule has 0 bridgehead atoms. The average Bonchev–Trinajstić information content (AvgIpc) is 2.68. The van der Waals surface area contributed by atoms with Gasteiger partial charge in [0, 0.05) is 0 Å². The zero-order chi connectivity index (χ0) is 12.7. The maximum absolute atomic E-state index is 13.8. The minimum atomic E-state index is -0.458. The molecule has 0 aliphatic carbocycles. The molecule has 90 valence electrons. The SMILES string of the molecule is O=c1[nH]c2c(Cl)cccc2n1-c1ccccc1F. The normalized spacial score (nSPS) is 11.0. The summed E-state index contributed by atoms with van der Waals surface area (Å²) in [6, 6.07) is 11.2. The highest BCUT2D eigenvalue weighted by molar-refractivity contribution is 6.34. The van der Waals surface area contributed by atoms with Gasteiger partial charge in [-0.1, -0.05) is 29.8 Å². The third-order valence-corrected chi connectivity index (χ3v) is 3.08. The predicted octanol–water partition coefficient (Wildman–Crippen LogP) is 3.11. The smallest absolute Gasteiger partial charge is 0.304 e. The summed E-state index contributed by atoms with van der Waals surface area (Å²) < 4.78 is 15.0. The molecule has 1 aromatic heterocycles. The van der Waals surface area contributed by atoms with E-state index >= 15 is 0 Å². The molecule has 0 unspecified atom stereocenters. The molecule has 0 fully saturated rings. The number of imidazole rings is 1. The van der Waals surface area contributed by atoms with Crippen LogP contribution in [0.5, 0.6) is 0 Å². The Hall–Kier alpha value is -2.07. The van der Waals surface area contributed by atoms with Gasteiger partial charge in [0.1, 0.15) is 5.82 Å². The standard InChI is InChI=1S/C13H8ClFN2O/c14-8-4-3-7-11-12(8)16-13(18)17(11)10-6-2-1-5-9(10)15/h1-7H,(H,16,18). The summed E-state index contributed by atoms with van der Waals surface area (Å²) in [5, 5.41) is 0.430. The van der Waals surface area contributed by atoms with E-state index in [-0.39, 0.29) is 5.69 Å². The van der Waals surface area contributed by atoms with Crippen LogP contribution >= 0.6 is 11.6 Å². The van der Waals surface area contributed by atoms with Crippen molar-refractivity contribution in [2.75, 3.05) is 0 Å². The molecule has 0 aliphatic rings. The molecule has 0 spiro atoms. The van der Waals surface area contributed by atoms with Gasteiger partial charge in [0.15, 0.2) is 0 Å². The van der Waals surface area contributed by atoms with Gasteiger partial charge in [0.2, 0.25) is 0 Å². The Bertz CT molecular complexity index is 791. The summed E-state index contributed by atoms with van der Waals surface area (Å²) in [6.07, 6.45) is 0. The van der Waals surface area contributed by atoms with E-state index in [0.717, 1.165) is 0 Å². The molecular weight excluding hydrogens is 255 g/mol. The lowest BCUT2D eigenvalue weighted by Crippen LogP contribution is -2.15. The number of fused-ring (bicyclic) bond motifs is 1. The van der Waals surface area contributed by atoms with Crippen LogP contribution in [0.2, 0.25) is 5.02 Å². The molecule has 18 heavy (non-hydrogen) atoms. The van der Waals surface area contributed by atoms with Gasteiger partial charge in [-0.25, -0.2) is 9.18 Å². The second-order valence-corrected chi connectivity index (χ2v) is 4.26. The van der Waals surface area contributed by atoms with E-state index in [9.17, 15) is 9.18 Å². The van der Waals surface area contributed by atoms with Crippen LogP contribution in [0, 0.1) is 5.82 Å². The first-order valence-electron chi connectivity index (χ1n) is 5.32. The Labute approximate surface area is 106 Å². The number of benzene rings is 2. The highest BCUT2D eigenvalue weighted by Gasteiger charge is 2.13. The summed E-state index contributed by atoms with van der Waals surface area (Å²) in [7, 11) is 0. The second-order valence-electron chi connectivity index (χ2n) is 3.85. The Kier molecular flexibility index (Phi) is 2.45. The second kappa shape index (κ2) is 3.99. The van der Waals surface area contributed by atoms with E-state index in [4.69, 9.17) is 11.6 Å². The largest absolute Gasteiger partial charge is 0.331 e. The van der Waals surface area contributed by atoms with Crippen LogP contribution in [0.3, 0.4) is 0 Å². The molecule has 3 nitrogen and oxygen atoms in total. The number of aromatic amines is 1. The molecule has 0 amide bonds. The van der Waals surface area contributed by atoms with Gasteiger partial charge in [-0.15, -0.1) is 0 Å². The number of hydrogen-bond donors (Lipinski definition) is 1. The first-order chi connectivity index (χ1) is 8.68. The first-order valence-corrected chi connectivity index (χ1v) is 5.70. The molecule has 3 rings (SSSR count). The van der Waals surface area contributed by atoms with Crippen LogP contribution < -0.4 is 5.69 Å². The number of nitrogens with zero attached hydrogens (tertiary/aromatic N) is 1. The fourth-order valence-electron chi connectivity index (χ4n) is 1.97. The lowest BCUT2D eigenvalue weighted by molar-refractivity contribution is 0.618. The van der Waals surface area contributed by atoms with Crippen molar-refractivity contribution < 1.29 is 4.39 Å². The number of rotatable bonds is 1. The summed E-state index contributed by atoms with van der Waals surface area (Å²) in [6.45, 7) is 0. The quantitative estimate of drug-likeness (QED) is 0.719. The molecule has 0 atom stereocenters. The maximum atomic E-state index is 13.8. The van der Waals surface area contributed by atoms with Crippen molar-refractivity contribution in [2.24, 2.45) is 0 Å². The maximum Gasteiger partial charge on any atom is 0.331 e. The van der Waals surface area contributed by atoms with E-state index < -0.39 is 11.5 Å². The van der Waals surface area contributed by atoms with Crippen LogP contribution in [-0.4, -0.2) is 9.55 Å². The minimum Gasteiger partial charge on any atom is -0.304 e. The van der Waals surface area contributed by atoms with Crippen molar-refractivity contribution in [1.82, 2.24) is 9.55 Å². The number of para-hydroxylation sites is 2. The van der Waals surface area contributed by atoms with Crippen LogP contribution in [0.4, 0.5) is 4.39 Å². The van der Waals surface area contributed by atoms with Crippen LogP contribution in [-0.2, 0) is 0 Å². The minimum absolute atomic E-state index is 0.205. The van der Waals surface area contributed by atoms with Gasteiger partial charge in [0.05, 0.1) is 21.7 Å². The number of nitrogens with one attached hydrogen (secondary N) is 1.